The van der Waals surface area contributed by atoms with Crippen molar-refractivity contribution in [3.63, 3.8) is 0 Å². The van der Waals surface area contributed by atoms with Crippen molar-refractivity contribution in [1.29, 1.82) is 0 Å². The first-order valence-corrected chi connectivity index (χ1v) is 10.5. The third kappa shape index (κ3) is 4.00. The third-order valence-electron chi connectivity index (χ3n) is 6.04. The van der Waals surface area contributed by atoms with Gasteiger partial charge in [0, 0.05) is 32.2 Å². The second kappa shape index (κ2) is 8.40. The number of nitrogens with zero attached hydrogens (tertiary/aromatic N) is 2. The number of rotatable bonds is 5. The first-order chi connectivity index (χ1) is 14.4. The number of hydrogen-bond acceptors (Lipinski definition) is 4. The molecule has 3 amide bonds. The maximum absolute atomic E-state index is 12.7. The SMILES string of the molecule is CC1CCCN(Cc2ccccc2CNC(=O)c2ccc3c(c2)C(=O)N(C)C3=O)C1. The zero-order chi connectivity index (χ0) is 21.3. The first kappa shape index (κ1) is 20.3. The molecule has 6 heteroatoms. The average molecular weight is 405 g/mol. The van der Waals surface area contributed by atoms with Gasteiger partial charge in [0.2, 0.25) is 0 Å². The lowest BCUT2D eigenvalue weighted by atomic mass is 9.99. The molecule has 156 valence electrons. The number of piperidine rings is 1. The molecule has 2 heterocycles. The van der Waals surface area contributed by atoms with E-state index in [0.29, 0.717) is 17.7 Å². The molecule has 0 aliphatic carbocycles. The van der Waals surface area contributed by atoms with Gasteiger partial charge in [-0.05, 0) is 54.6 Å². The summed E-state index contributed by atoms with van der Waals surface area (Å²) >= 11 is 0. The van der Waals surface area contributed by atoms with Gasteiger partial charge >= 0.3 is 0 Å². The van der Waals surface area contributed by atoms with E-state index in [1.54, 1.807) is 12.1 Å². The third-order valence-corrected chi connectivity index (χ3v) is 6.04. The summed E-state index contributed by atoms with van der Waals surface area (Å²) in [6.07, 6.45) is 2.52. The van der Waals surface area contributed by atoms with Crippen LogP contribution >= 0.6 is 0 Å². The van der Waals surface area contributed by atoms with Gasteiger partial charge in [-0.25, -0.2) is 0 Å². The molecule has 1 saturated heterocycles. The molecule has 1 fully saturated rings. The maximum atomic E-state index is 12.7. The van der Waals surface area contributed by atoms with E-state index >= 15 is 0 Å². The van der Waals surface area contributed by atoms with Gasteiger partial charge in [0.15, 0.2) is 0 Å². The zero-order valence-corrected chi connectivity index (χ0v) is 17.5. The maximum Gasteiger partial charge on any atom is 0.261 e. The number of likely N-dealkylation sites (tertiary alicyclic amines) is 1. The highest BCUT2D eigenvalue weighted by molar-refractivity contribution is 6.21. The van der Waals surface area contributed by atoms with Gasteiger partial charge in [-0.15, -0.1) is 0 Å². The lowest BCUT2D eigenvalue weighted by molar-refractivity contribution is 0.0693. The number of carbonyl (C=O) groups excluding carboxylic acids is 3. The Morgan fingerprint density at radius 3 is 2.57 bits per heavy atom. The van der Waals surface area contributed by atoms with Gasteiger partial charge in [0.25, 0.3) is 17.7 Å². The van der Waals surface area contributed by atoms with Crippen LogP contribution in [0.3, 0.4) is 0 Å². The van der Waals surface area contributed by atoms with Crippen molar-refractivity contribution >= 4 is 17.7 Å². The van der Waals surface area contributed by atoms with E-state index in [1.807, 2.05) is 18.2 Å². The number of carbonyl (C=O) groups is 3. The van der Waals surface area contributed by atoms with Gasteiger partial charge in [0.1, 0.15) is 0 Å². The molecule has 1 unspecified atom stereocenters. The van der Waals surface area contributed by atoms with Crippen molar-refractivity contribution < 1.29 is 14.4 Å². The Hall–Kier alpha value is -2.99. The molecule has 1 N–H and O–H groups in total. The molecule has 0 radical (unpaired) electrons. The molecule has 2 aromatic carbocycles. The minimum atomic E-state index is -0.370. The minimum absolute atomic E-state index is 0.256. The smallest absolute Gasteiger partial charge is 0.261 e. The van der Waals surface area contributed by atoms with Gasteiger partial charge in [-0.1, -0.05) is 31.2 Å². The summed E-state index contributed by atoms with van der Waals surface area (Å²) in [4.78, 5) is 40.5. The van der Waals surface area contributed by atoms with E-state index in [0.717, 1.165) is 36.0 Å². The van der Waals surface area contributed by atoms with Crippen LogP contribution in [0.2, 0.25) is 0 Å². The largest absolute Gasteiger partial charge is 0.348 e. The van der Waals surface area contributed by atoms with E-state index in [9.17, 15) is 14.4 Å². The van der Waals surface area contributed by atoms with E-state index < -0.39 is 0 Å². The fourth-order valence-corrected chi connectivity index (χ4v) is 4.34. The number of nitrogens with one attached hydrogen (secondary N) is 1. The Morgan fingerprint density at radius 1 is 1.07 bits per heavy atom. The van der Waals surface area contributed by atoms with Gasteiger partial charge in [-0.2, -0.15) is 0 Å². The summed E-state index contributed by atoms with van der Waals surface area (Å²) < 4.78 is 0. The second-order valence-corrected chi connectivity index (χ2v) is 8.36. The van der Waals surface area contributed by atoms with Crippen LogP contribution in [0.4, 0.5) is 0 Å². The van der Waals surface area contributed by atoms with E-state index in [1.165, 1.54) is 31.5 Å². The molecule has 2 aliphatic rings. The predicted octanol–water partition coefficient (Wildman–Crippen LogP) is 3.07. The Balaban J connectivity index is 1.44. The van der Waals surface area contributed by atoms with E-state index in [4.69, 9.17) is 0 Å². The second-order valence-electron chi connectivity index (χ2n) is 8.36. The van der Waals surface area contributed by atoms with Crippen LogP contribution in [0.1, 0.15) is 62.0 Å². The van der Waals surface area contributed by atoms with Crippen molar-refractivity contribution in [3.05, 3.63) is 70.3 Å². The van der Waals surface area contributed by atoms with Gasteiger partial charge in [0.05, 0.1) is 11.1 Å². The number of hydrogen-bond donors (Lipinski definition) is 1. The lowest BCUT2D eigenvalue weighted by Crippen LogP contribution is -2.34. The zero-order valence-electron chi connectivity index (χ0n) is 17.5. The predicted molar refractivity (Wildman–Crippen MR) is 114 cm³/mol. The molecule has 0 saturated carbocycles. The summed E-state index contributed by atoms with van der Waals surface area (Å²) in [5.41, 5.74) is 3.34. The molecule has 0 aromatic heterocycles. The Morgan fingerprint density at radius 2 is 1.80 bits per heavy atom. The van der Waals surface area contributed by atoms with Crippen molar-refractivity contribution in [2.75, 3.05) is 20.1 Å². The topological polar surface area (TPSA) is 69.7 Å². The first-order valence-electron chi connectivity index (χ1n) is 10.5. The molecular formula is C24H27N3O3. The van der Waals surface area contributed by atoms with Crippen molar-refractivity contribution in [2.24, 2.45) is 5.92 Å². The molecule has 30 heavy (non-hydrogen) atoms. The highest BCUT2D eigenvalue weighted by Crippen LogP contribution is 2.23. The quantitative estimate of drug-likeness (QED) is 0.777. The Kier molecular flexibility index (Phi) is 5.68. The van der Waals surface area contributed by atoms with Crippen LogP contribution < -0.4 is 5.32 Å². The highest BCUT2D eigenvalue weighted by atomic mass is 16.2. The monoisotopic (exact) mass is 405 g/mol. The molecule has 2 aliphatic heterocycles. The normalized spacial score (nSPS) is 19.1. The standard InChI is InChI=1S/C24H27N3O3/c1-16-6-5-11-27(14-16)15-19-8-4-3-7-18(19)13-25-22(28)17-9-10-20-21(12-17)24(30)26(2)23(20)29/h3-4,7-10,12,16H,5-6,11,13-15H2,1-2H3,(H,25,28). The summed E-state index contributed by atoms with van der Waals surface area (Å²) in [7, 11) is 1.45. The molecule has 1 atom stereocenters. The highest BCUT2D eigenvalue weighted by Gasteiger charge is 2.33. The number of fused-ring (bicyclic) bond motifs is 1. The van der Waals surface area contributed by atoms with Crippen LogP contribution in [0.5, 0.6) is 0 Å². The Labute approximate surface area is 176 Å². The van der Waals surface area contributed by atoms with Crippen LogP contribution in [0.15, 0.2) is 42.5 Å². The van der Waals surface area contributed by atoms with Gasteiger partial charge in [-0.3, -0.25) is 24.2 Å². The average Bonchev–Trinajstić information content (AvgIpc) is 2.96. The van der Waals surface area contributed by atoms with Crippen LogP contribution in [0, 0.1) is 5.92 Å². The number of benzene rings is 2. The molecule has 0 bridgehead atoms. The molecule has 4 rings (SSSR count). The van der Waals surface area contributed by atoms with E-state index in [-0.39, 0.29) is 23.3 Å². The number of amides is 3. The van der Waals surface area contributed by atoms with Gasteiger partial charge < -0.3 is 5.32 Å². The molecule has 0 spiro atoms. The molecular weight excluding hydrogens is 378 g/mol. The summed E-state index contributed by atoms with van der Waals surface area (Å²) in [5.74, 6) is -0.235. The van der Waals surface area contributed by atoms with Crippen LogP contribution in [0.25, 0.3) is 0 Å². The number of imide groups is 1. The van der Waals surface area contributed by atoms with E-state index in [2.05, 4.69) is 23.2 Å². The summed E-state index contributed by atoms with van der Waals surface area (Å²) in [6, 6.07) is 12.8. The minimum Gasteiger partial charge on any atom is -0.348 e. The fraction of sp³-hybridized carbons (Fsp3) is 0.375. The molecule has 2 aromatic rings. The lowest BCUT2D eigenvalue weighted by Gasteiger charge is -2.31. The molecule has 6 nitrogen and oxygen atoms in total. The van der Waals surface area contributed by atoms with Crippen molar-refractivity contribution in [3.8, 4) is 0 Å². The van der Waals surface area contributed by atoms with Crippen LogP contribution in [-0.2, 0) is 13.1 Å². The summed E-state index contributed by atoms with van der Waals surface area (Å²) in [6.45, 7) is 5.82. The Bertz CT molecular complexity index is 1000. The van der Waals surface area contributed by atoms with Crippen molar-refractivity contribution in [1.82, 2.24) is 15.1 Å². The van der Waals surface area contributed by atoms with Crippen LogP contribution in [-0.4, -0.2) is 47.7 Å². The fourth-order valence-electron chi connectivity index (χ4n) is 4.34. The summed E-state index contributed by atoms with van der Waals surface area (Å²) in [5, 5.41) is 2.96. The van der Waals surface area contributed by atoms with Crippen molar-refractivity contribution in [2.45, 2.75) is 32.9 Å².